The third-order valence-electron chi connectivity index (χ3n) is 6.46. The maximum absolute atomic E-state index is 13.5. The van der Waals surface area contributed by atoms with Crippen LogP contribution in [0.4, 0.5) is 0 Å². The van der Waals surface area contributed by atoms with Gasteiger partial charge in [0.2, 0.25) is 0 Å². The molecule has 2 fully saturated rings. The number of carbonyl (C=O) groups is 4. The number of carboxylic acid groups (broad SMARTS) is 1. The zero-order valence-electron chi connectivity index (χ0n) is 19.3. The summed E-state index contributed by atoms with van der Waals surface area (Å²) in [7, 11) is 1.39. The molecule has 1 aliphatic heterocycles. The van der Waals surface area contributed by atoms with Crippen LogP contribution in [0.2, 0.25) is 0 Å². The van der Waals surface area contributed by atoms with Crippen molar-refractivity contribution in [3.63, 3.8) is 0 Å². The van der Waals surface area contributed by atoms with E-state index in [4.69, 9.17) is 4.74 Å². The van der Waals surface area contributed by atoms with Gasteiger partial charge in [-0.25, -0.2) is 0 Å². The van der Waals surface area contributed by atoms with Gasteiger partial charge in [-0.1, -0.05) is 37.0 Å². The maximum atomic E-state index is 13.5. The van der Waals surface area contributed by atoms with Gasteiger partial charge in [-0.05, 0) is 37.8 Å². The molecule has 1 heterocycles. The maximum Gasteiger partial charge on any atom is 0.305 e. The van der Waals surface area contributed by atoms with Crippen LogP contribution < -0.4 is 5.32 Å². The number of hydrogen-bond donors (Lipinski definition) is 2. The van der Waals surface area contributed by atoms with E-state index >= 15 is 0 Å². The highest BCUT2D eigenvalue weighted by Gasteiger charge is 2.44. The van der Waals surface area contributed by atoms with Crippen molar-refractivity contribution in [2.45, 2.75) is 57.7 Å². The van der Waals surface area contributed by atoms with E-state index in [9.17, 15) is 24.3 Å². The highest BCUT2D eigenvalue weighted by atomic mass is 16.5. The Bertz CT molecular complexity index is 883. The summed E-state index contributed by atoms with van der Waals surface area (Å²) in [5, 5.41) is 12.3. The SMILES string of the molecule is COCC(=O)N1CCN(C(=O)c2cccc(C)c2)C1C(=O)NC(CC(=O)O)C1CCCCC1. The van der Waals surface area contributed by atoms with Gasteiger partial charge in [-0.2, -0.15) is 0 Å². The van der Waals surface area contributed by atoms with E-state index in [1.54, 1.807) is 18.2 Å². The molecule has 0 bridgehead atoms. The normalized spacial score (nSPS) is 19.9. The Morgan fingerprint density at radius 2 is 1.82 bits per heavy atom. The molecule has 2 unspecified atom stereocenters. The van der Waals surface area contributed by atoms with Crippen molar-refractivity contribution in [1.82, 2.24) is 15.1 Å². The Hall–Kier alpha value is -2.94. The largest absolute Gasteiger partial charge is 0.481 e. The predicted molar refractivity (Wildman–Crippen MR) is 120 cm³/mol. The van der Waals surface area contributed by atoms with Gasteiger partial charge >= 0.3 is 5.97 Å². The van der Waals surface area contributed by atoms with Crippen molar-refractivity contribution in [2.75, 3.05) is 26.8 Å². The van der Waals surface area contributed by atoms with E-state index in [2.05, 4.69) is 5.32 Å². The van der Waals surface area contributed by atoms with E-state index in [1.165, 1.54) is 16.9 Å². The average Bonchev–Trinajstić information content (AvgIpc) is 3.24. The van der Waals surface area contributed by atoms with Gasteiger partial charge in [-0.3, -0.25) is 19.2 Å². The number of nitrogens with one attached hydrogen (secondary N) is 1. The van der Waals surface area contributed by atoms with Gasteiger partial charge in [0.25, 0.3) is 17.7 Å². The van der Waals surface area contributed by atoms with Crippen molar-refractivity contribution in [3.05, 3.63) is 35.4 Å². The second-order valence-corrected chi connectivity index (χ2v) is 8.87. The molecular formula is C24H33N3O6. The van der Waals surface area contributed by atoms with E-state index in [0.29, 0.717) is 5.56 Å². The quantitative estimate of drug-likeness (QED) is 0.612. The minimum absolute atomic E-state index is 0.0595. The molecule has 1 saturated heterocycles. The van der Waals surface area contributed by atoms with E-state index in [-0.39, 0.29) is 37.9 Å². The van der Waals surface area contributed by atoms with Gasteiger partial charge in [0, 0.05) is 31.8 Å². The lowest BCUT2D eigenvalue weighted by Crippen LogP contribution is -2.57. The number of hydrogen-bond acceptors (Lipinski definition) is 5. The lowest BCUT2D eigenvalue weighted by atomic mass is 9.82. The Balaban J connectivity index is 1.86. The third kappa shape index (κ3) is 6.10. The molecule has 9 heteroatoms. The Morgan fingerprint density at radius 3 is 2.45 bits per heavy atom. The molecule has 2 N–H and O–H groups in total. The van der Waals surface area contributed by atoms with Crippen molar-refractivity contribution in [1.29, 1.82) is 0 Å². The second kappa shape index (κ2) is 11.3. The molecule has 0 spiro atoms. The number of carbonyl (C=O) groups excluding carboxylic acids is 3. The molecular weight excluding hydrogens is 426 g/mol. The van der Waals surface area contributed by atoms with Crippen molar-refractivity contribution in [3.8, 4) is 0 Å². The minimum Gasteiger partial charge on any atom is -0.481 e. The van der Waals surface area contributed by atoms with Crippen LogP contribution in [0.1, 0.15) is 54.4 Å². The summed E-state index contributed by atoms with van der Waals surface area (Å²) in [6, 6.07) is 6.52. The summed E-state index contributed by atoms with van der Waals surface area (Å²) in [6.45, 7) is 2.07. The first-order chi connectivity index (χ1) is 15.8. The molecule has 3 rings (SSSR count). The average molecular weight is 460 g/mol. The Labute approximate surface area is 194 Å². The third-order valence-corrected chi connectivity index (χ3v) is 6.46. The number of rotatable bonds is 8. The van der Waals surface area contributed by atoms with Crippen LogP contribution in [0.25, 0.3) is 0 Å². The monoisotopic (exact) mass is 459 g/mol. The second-order valence-electron chi connectivity index (χ2n) is 8.87. The van der Waals surface area contributed by atoms with Crippen molar-refractivity contribution in [2.24, 2.45) is 5.92 Å². The van der Waals surface area contributed by atoms with Gasteiger partial charge in [-0.15, -0.1) is 0 Å². The molecule has 1 aliphatic carbocycles. The number of nitrogens with zero attached hydrogens (tertiary/aromatic N) is 2. The molecule has 33 heavy (non-hydrogen) atoms. The fourth-order valence-electron chi connectivity index (χ4n) is 4.85. The lowest BCUT2D eigenvalue weighted by molar-refractivity contribution is -0.145. The van der Waals surface area contributed by atoms with Crippen LogP contribution in [-0.4, -0.2) is 77.6 Å². The van der Waals surface area contributed by atoms with Crippen molar-refractivity contribution < 1.29 is 29.0 Å². The lowest BCUT2D eigenvalue weighted by Gasteiger charge is -2.34. The van der Waals surface area contributed by atoms with Crippen LogP contribution in [0.3, 0.4) is 0 Å². The summed E-state index contributed by atoms with van der Waals surface area (Å²) in [5.74, 6) is -2.21. The standard InChI is InChI=1S/C24H33N3O6/c1-16-7-6-10-18(13-16)24(32)27-12-11-26(20(28)15-33-2)23(27)22(31)25-19(14-21(29)30)17-8-4-3-5-9-17/h6-7,10,13,17,19,23H,3-5,8-9,11-12,14-15H2,1-2H3,(H,25,31)(H,29,30). The molecule has 1 aromatic rings. The van der Waals surface area contributed by atoms with Gasteiger partial charge in [0.15, 0.2) is 6.17 Å². The highest BCUT2D eigenvalue weighted by molar-refractivity contribution is 5.99. The van der Waals surface area contributed by atoms with Crippen LogP contribution in [0, 0.1) is 12.8 Å². The topological polar surface area (TPSA) is 116 Å². The van der Waals surface area contributed by atoms with Gasteiger partial charge in [0.05, 0.1) is 6.42 Å². The molecule has 2 aliphatic rings. The smallest absolute Gasteiger partial charge is 0.305 e. The number of carboxylic acids is 1. The molecule has 3 amide bonds. The molecule has 9 nitrogen and oxygen atoms in total. The molecule has 180 valence electrons. The summed E-state index contributed by atoms with van der Waals surface area (Å²) in [4.78, 5) is 53.7. The first-order valence-corrected chi connectivity index (χ1v) is 11.5. The Morgan fingerprint density at radius 1 is 1.12 bits per heavy atom. The van der Waals surface area contributed by atoms with Crippen LogP contribution in [0.15, 0.2) is 24.3 Å². The van der Waals surface area contributed by atoms with Crippen molar-refractivity contribution >= 4 is 23.7 Å². The van der Waals surface area contributed by atoms with Crippen LogP contribution in [0.5, 0.6) is 0 Å². The number of aryl methyl sites for hydroxylation is 1. The summed E-state index contributed by atoms with van der Waals surface area (Å²) in [6.07, 6.45) is 3.45. The van der Waals surface area contributed by atoms with Gasteiger partial charge < -0.3 is 25.0 Å². The fraction of sp³-hybridized carbons (Fsp3) is 0.583. The van der Waals surface area contributed by atoms with E-state index in [1.807, 2.05) is 13.0 Å². The highest BCUT2D eigenvalue weighted by Crippen LogP contribution is 2.28. The first-order valence-electron chi connectivity index (χ1n) is 11.5. The number of ether oxygens (including phenoxy) is 1. The summed E-state index contributed by atoms with van der Waals surface area (Å²) < 4.78 is 4.97. The van der Waals surface area contributed by atoms with Gasteiger partial charge in [0.1, 0.15) is 6.61 Å². The predicted octanol–water partition coefficient (Wildman–Crippen LogP) is 1.79. The molecule has 1 saturated carbocycles. The summed E-state index contributed by atoms with van der Waals surface area (Å²) >= 11 is 0. The molecule has 2 atom stereocenters. The number of methoxy groups -OCH3 is 1. The zero-order chi connectivity index (χ0) is 24.0. The minimum atomic E-state index is -1.15. The number of aliphatic carboxylic acids is 1. The zero-order valence-corrected chi connectivity index (χ0v) is 19.3. The molecule has 1 aromatic carbocycles. The number of benzene rings is 1. The molecule has 0 radical (unpaired) electrons. The number of amides is 3. The Kier molecular flexibility index (Phi) is 8.43. The van der Waals surface area contributed by atoms with E-state index < -0.39 is 30.0 Å². The summed E-state index contributed by atoms with van der Waals surface area (Å²) in [5.41, 5.74) is 1.34. The van der Waals surface area contributed by atoms with E-state index in [0.717, 1.165) is 37.7 Å². The van der Waals surface area contributed by atoms with Crippen LogP contribution in [-0.2, 0) is 19.1 Å². The first kappa shape index (κ1) is 24.7. The van der Waals surface area contributed by atoms with Crippen LogP contribution >= 0.6 is 0 Å². The molecule has 0 aromatic heterocycles. The fourth-order valence-corrected chi connectivity index (χ4v) is 4.85.